The first-order valence-electron chi connectivity index (χ1n) is 10.1. The second-order valence-electron chi connectivity index (χ2n) is 7.21. The average molecular weight is 456 g/mol. The number of amides is 1. The molecule has 3 N–H and O–H groups in total. The minimum Gasteiger partial charge on any atom is -0.352 e. The Morgan fingerprint density at radius 1 is 1.13 bits per heavy atom. The quantitative estimate of drug-likeness (QED) is 0.479. The van der Waals surface area contributed by atoms with Crippen LogP contribution in [0.5, 0.6) is 0 Å². The van der Waals surface area contributed by atoms with E-state index in [4.69, 9.17) is 17.3 Å². The Hall–Kier alpha value is -2.54. The van der Waals surface area contributed by atoms with Crippen LogP contribution in [0.3, 0.4) is 0 Å². The Labute approximate surface area is 191 Å². The SMILES string of the molecule is Cc1ccn(CCSc2ccccc2)c(=O)c1CC(=O)NCc1cc(Cl)ccc1CN. The average Bonchev–Trinajstić information content (AvgIpc) is 2.77. The molecule has 0 saturated carbocycles. The van der Waals surface area contributed by atoms with Gasteiger partial charge in [-0.3, -0.25) is 9.59 Å². The van der Waals surface area contributed by atoms with E-state index in [-0.39, 0.29) is 17.9 Å². The summed E-state index contributed by atoms with van der Waals surface area (Å²) in [6, 6.07) is 17.4. The van der Waals surface area contributed by atoms with Crippen molar-refractivity contribution in [2.24, 2.45) is 5.73 Å². The second-order valence-corrected chi connectivity index (χ2v) is 8.81. The van der Waals surface area contributed by atoms with Gasteiger partial charge in [0.05, 0.1) is 6.42 Å². The van der Waals surface area contributed by atoms with E-state index in [1.165, 1.54) is 4.90 Å². The van der Waals surface area contributed by atoms with E-state index in [1.807, 2.05) is 49.4 Å². The normalized spacial score (nSPS) is 10.8. The number of thioether (sulfide) groups is 1. The number of pyridine rings is 1. The molecule has 1 aromatic heterocycles. The van der Waals surface area contributed by atoms with Crippen LogP contribution in [-0.4, -0.2) is 16.2 Å². The number of rotatable bonds is 9. The maximum atomic E-state index is 12.9. The van der Waals surface area contributed by atoms with Crippen LogP contribution in [0.25, 0.3) is 0 Å². The summed E-state index contributed by atoms with van der Waals surface area (Å²) in [4.78, 5) is 26.7. The number of halogens is 1. The molecule has 5 nitrogen and oxygen atoms in total. The smallest absolute Gasteiger partial charge is 0.254 e. The molecule has 31 heavy (non-hydrogen) atoms. The Morgan fingerprint density at radius 3 is 2.65 bits per heavy atom. The first-order chi connectivity index (χ1) is 15.0. The predicted molar refractivity (Wildman–Crippen MR) is 127 cm³/mol. The number of nitrogens with zero attached hydrogens (tertiary/aromatic N) is 1. The van der Waals surface area contributed by atoms with Crippen molar-refractivity contribution in [1.82, 2.24) is 9.88 Å². The number of benzene rings is 2. The van der Waals surface area contributed by atoms with Crippen LogP contribution in [0.4, 0.5) is 0 Å². The van der Waals surface area contributed by atoms with Gasteiger partial charge in [0.1, 0.15) is 0 Å². The van der Waals surface area contributed by atoms with Gasteiger partial charge >= 0.3 is 0 Å². The van der Waals surface area contributed by atoms with E-state index in [0.717, 1.165) is 22.4 Å². The lowest BCUT2D eigenvalue weighted by atomic mass is 10.1. The number of nitrogens with one attached hydrogen (secondary N) is 1. The molecule has 1 heterocycles. The Balaban J connectivity index is 1.63. The van der Waals surface area contributed by atoms with E-state index >= 15 is 0 Å². The summed E-state index contributed by atoms with van der Waals surface area (Å²) < 4.78 is 1.68. The molecule has 0 spiro atoms. The van der Waals surface area contributed by atoms with E-state index in [9.17, 15) is 9.59 Å². The fraction of sp³-hybridized carbons (Fsp3) is 0.250. The summed E-state index contributed by atoms with van der Waals surface area (Å²) in [5, 5.41) is 3.48. The molecule has 0 bridgehead atoms. The Bertz CT molecular complexity index is 1100. The van der Waals surface area contributed by atoms with Crippen molar-refractivity contribution < 1.29 is 4.79 Å². The molecule has 0 aliphatic carbocycles. The summed E-state index contributed by atoms with van der Waals surface area (Å²) >= 11 is 7.76. The fourth-order valence-electron chi connectivity index (χ4n) is 3.26. The lowest BCUT2D eigenvalue weighted by Crippen LogP contribution is -2.31. The first-order valence-corrected chi connectivity index (χ1v) is 11.4. The highest BCUT2D eigenvalue weighted by Gasteiger charge is 2.13. The number of aromatic nitrogens is 1. The molecule has 3 rings (SSSR count). The van der Waals surface area contributed by atoms with Gasteiger partial charge in [-0.1, -0.05) is 35.9 Å². The van der Waals surface area contributed by atoms with Gasteiger partial charge in [-0.25, -0.2) is 0 Å². The molecule has 0 atom stereocenters. The van der Waals surface area contributed by atoms with Gasteiger partial charge in [0, 0.05) is 47.1 Å². The maximum Gasteiger partial charge on any atom is 0.254 e. The zero-order valence-corrected chi connectivity index (χ0v) is 19.0. The molecule has 7 heteroatoms. The zero-order chi connectivity index (χ0) is 22.2. The number of hydrogen-bond donors (Lipinski definition) is 2. The van der Waals surface area contributed by atoms with Crippen LogP contribution >= 0.6 is 23.4 Å². The minimum atomic E-state index is -0.209. The molecule has 0 unspecified atom stereocenters. The highest BCUT2D eigenvalue weighted by Crippen LogP contribution is 2.17. The molecule has 0 aliphatic heterocycles. The molecule has 0 aliphatic rings. The third kappa shape index (κ3) is 6.47. The van der Waals surface area contributed by atoms with E-state index < -0.39 is 0 Å². The lowest BCUT2D eigenvalue weighted by Gasteiger charge is -2.12. The number of nitrogens with two attached hydrogens (primary N) is 1. The molecule has 0 saturated heterocycles. The van der Waals surface area contributed by atoms with Crippen LogP contribution in [0.15, 0.2) is 70.5 Å². The van der Waals surface area contributed by atoms with Crippen molar-refractivity contribution in [3.8, 4) is 0 Å². The summed E-state index contributed by atoms with van der Waals surface area (Å²) in [5.41, 5.74) is 8.79. The van der Waals surface area contributed by atoms with Gasteiger partial charge in [-0.2, -0.15) is 0 Å². The maximum absolute atomic E-state index is 12.9. The molecule has 3 aromatic rings. The van der Waals surface area contributed by atoms with Gasteiger partial charge < -0.3 is 15.6 Å². The topological polar surface area (TPSA) is 77.1 Å². The van der Waals surface area contributed by atoms with Crippen LogP contribution in [-0.2, 0) is 30.8 Å². The summed E-state index contributed by atoms with van der Waals surface area (Å²) in [6.07, 6.45) is 1.83. The van der Waals surface area contributed by atoms with Gasteiger partial charge in [-0.15, -0.1) is 11.8 Å². The van der Waals surface area contributed by atoms with Crippen molar-refractivity contribution in [3.63, 3.8) is 0 Å². The number of hydrogen-bond acceptors (Lipinski definition) is 4. The first kappa shape index (κ1) is 23.1. The van der Waals surface area contributed by atoms with Gasteiger partial charge in [0.15, 0.2) is 0 Å². The van der Waals surface area contributed by atoms with E-state index in [1.54, 1.807) is 34.7 Å². The summed E-state index contributed by atoms with van der Waals surface area (Å²) in [6.45, 7) is 3.12. The minimum absolute atomic E-state index is 0.0376. The van der Waals surface area contributed by atoms with Crippen molar-refractivity contribution >= 4 is 29.3 Å². The van der Waals surface area contributed by atoms with Crippen LogP contribution in [0.1, 0.15) is 22.3 Å². The predicted octanol–water partition coefficient (Wildman–Crippen LogP) is 3.92. The van der Waals surface area contributed by atoms with Crippen molar-refractivity contribution in [2.75, 3.05) is 5.75 Å². The molecule has 2 aromatic carbocycles. The molecule has 1 amide bonds. The van der Waals surface area contributed by atoms with Crippen molar-refractivity contribution in [1.29, 1.82) is 0 Å². The van der Waals surface area contributed by atoms with Crippen LogP contribution < -0.4 is 16.6 Å². The van der Waals surface area contributed by atoms with Crippen LogP contribution in [0.2, 0.25) is 5.02 Å². The van der Waals surface area contributed by atoms with Crippen LogP contribution in [0, 0.1) is 6.92 Å². The highest BCUT2D eigenvalue weighted by atomic mass is 35.5. The summed E-state index contributed by atoms with van der Waals surface area (Å²) in [5.74, 6) is 0.564. The third-order valence-electron chi connectivity index (χ3n) is 5.05. The standard InChI is InChI=1S/C24H26ClN3O2S/c1-17-9-10-28(11-12-31-21-5-3-2-4-6-21)24(30)22(17)14-23(29)27-16-19-13-20(25)8-7-18(19)15-26/h2-10,13H,11-12,14-16,26H2,1H3,(H,27,29). The summed E-state index contributed by atoms with van der Waals surface area (Å²) in [7, 11) is 0. The molecule has 0 fully saturated rings. The third-order valence-corrected chi connectivity index (χ3v) is 6.27. The molecular weight excluding hydrogens is 430 g/mol. The largest absolute Gasteiger partial charge is 0.352 e. The van der Waals surface area contributed by atoms with Crippen molar-refractivity contribution in [3.05, 3.63) is 98.4 Å². The van der Waals surface area contributed by atoms with Crippen molar-refractivity contribution in [2.45, 2.75) is 37.9 Å². The van der Waals surface area contributed by atoms with Gasteiger partial charge in [0.25, 0.3) is 5.56 Å². The number of carbonyl (C=O) groups is 1. The van der Waals surface area contributed by atoms with Gasteiger partial charge in [-0.05, 0) is 53.9 Å². The highest BCUT2D eigenvalue weighted by molar-refractivity contribution is 7.99. The Kier molecular flexibility index (Phi) is 8.35. The zero-order valence-electron chi connectivity index (χ0n) is 17.4. The molecular formula is C24H26ClN3O2S. The second kappa shape index (κ2) is 11.2. The molecule has 162 valence electrons. The monoisotopic (exact) mass is 455 g/mol. The number of carbonyl (C=O) groups excluding carboxylic acids is 1. The van der Waals surface area contributed by atoms with E-state index in [2.05, 4.69) is 5.32 Å². The van der Waals surface area contributed by atoms with E-state index in [0.29, 0.717) is 30.2 Å². The lowest BCUT2D eigenvalue weighted by molar-refractivity contribution is -0.120. The fourth-order valence-corrected chi connectivity index (χ4v) is 4.32. The van der Waals surface area contributed by atoms with Gasteiger partial charge in [0.2, 0.25) is 5.91 Å². The molecule has 0 radical (unpaired) electrons. The number of aryl methyl sites for hydroxylation is 2. The Morgan fingerprint density at radius 2 is 1.90 bits per heavy atom.